The van der Waals surface area contributed by atoms with E-state index in [9.17, 15) is 0 Å². The SMILES string of the molecule is CCNC(=NCCc1csc(CC)n1)N(C)Cc1ccccc1.I. The van der Waals surface area contributed by atoms with Gasteiger partial charge in [-0.1, -0.05) is 37.3 Å². The molecule has 132 valence electrons. The number of nitrogens with zero attached hydrogens (tertiary/aromatic N) is 3. The number of nitrogens with one attached hydrogen (secondary N) is 1. The number of guanidine groups is 1. The van der Waals surface area contributed by atoms with Crippen molar-refractivity contribution in [1.82, 2.24) is 15.2 Å². The van der Waals surface area contributed by atoms with Gasteiger partial charge in [0.1, 0.15) is 0 Å². The predicted octanol–water partition coefficient (Wildman–Crippen LogP) is 3.96. The molecule has 0 radical (unpaired) electrons. The van der Waals surface area contributed by atoms with Crippen LogP contribution in [0.3, 0.4) is 0 Å². The van der Waals surface area contributed by atoms with Gasteiger partial charge in [0.2, 0.25) is 0 Å². The first-order valence-corrected chi connectivity index (χ1v) is 9.07. The van der Waals surface area contributed by atoms with E-state index >= 15 is 0 Å². The number of benzene rings is 1. The average molecular weight is 458 g/mol. The molecule has 6 heteroatoms. The molecule has 0 aliphatic carbocycles. The molecule has 2 aromatic rings. The highest BCUT2D eigenvalue weighted by Crippen LogP contribution is 2.10. The van der Waals surface area contributed by atoms with Crippen LogP contribution in [-0.2, 0) is 19.4 Å². The number of hydrogen-bond donors (Lipinski definition) is 1. The molecule has 0 saturated heterocycles. The maximum Gasteiger partial charge on any atom is 0.193 e. The zero-order valence-electron chi connectivity index (χ0n) is 14.7. The van der Waals surface area contributed by atoms with Crippen LogP contribution in [0.2, 0.25) is 0 Å². The number of aryl methyl sites for hydroxylation is 1. The molecule has 1 aromatic heterocycles. The molecular weight excluding hydrogens is 431 g/mol. The van der Waals surface area contributed by atoms with Crippen LogP contribution in [-0.4, -0.2) is 36.0 Å². The summed E-state index contributed by atoms with van der Waals surface area (Å²) in [6.45, 7) is 6.72. The lowest BCUT2D eigenvalue weighted by Crippen LogP contribution is -2.38. The van der Waals surface area contributed by atoms with Crippen LogP contribution in [0.4, 0.5) is 0 Å². The summed E-state index contributed by atoms with van der Waals surface area (Å²) < 4.78 is 0. The van der Waals surface area contributed by atoms with Crippen molar-refractivity contribution < 1.29 is 0 Å². The molecular formula is C18H27IN4S. The lowest BCUT2D eigenvalue weighted by Gasteiger charge is -2.22. The second-order valence-corrected chi connectivity index (χ2v) is 6.36. The quantitative estimate of drug-likeness (QED) is 0.388. The molecule has 0 saturated carbocycles. The Balaban J connectivity index is 0.00000288. The van der Waals surface area contributed by atoms with E-state index in [0.717, 1.165) is 44.1 Å². The zero-order chi connectivity index (χ0) is 16.5. The van der Waals surface area contributed by atoms with Gasteiger partial charge in [0.05, 0.1) is 10.7 Å². The molecule has 0 bridgehead atoms. The first-order valence-electron chi connectivity index (χ1n) is 8.19. The van der Waals surface area contributed by atoms with Gasteiger partial charge in [0.25, 0.3) is 0 Å². The fraction of sp³-hybridized carbons (Fsp3) is 0.444. The maximum atomic E-state index is 4.74. The summed E-state index contributed by atoms with van der Waals surface area (Å²) in [5.74, 6) is 0.947. The van der Waals surface area contributed by atoms with E-state index in [1.54, 1.807) is 11.3 Å². The standard InChI is InChI=1S/C18H26N4S.HI/c1-4-17-21-16(14-23-17)11-12-20-18(19-5-2)22(3)13-15-9-7-6-8-10-15;/h6-10,14H,4-5,11-13H2,1-3H3,(H,19,20);1H. The number of hydrogen-bond acceptors (Lipinski definition) is 3. The van der Waals surface area contributed by atoms with E-state index in [0.29, 0.717) is 0 Å². The molecule has 0 aliphatic rings. The van der Waals surface area contributed by atoms with Crippen molar-refractivity contribution in [2.45, 2.75) is 33.2 Å². The second-order valence-electron chi connectivity index (χ2n) is 5.41. The molecule has 0 spiro atoms. The van der Waals surface area contributed by atoms with E-state index in [-0.39, 0.29) is 24.0 Å². The highest BCUT2D eigenvalue weighted by atomic mass is 127. The third kappa shape index (κ3) is 6.76. The normalized spacial score (nSPS) is 11.0. The van der Waals surface area contributed by atoms with Gasteiger partial charge < -0.3 is 10.2 Å². The summed E-state index contributed by atoms with van der Waals surface area (Å²) in [6, 6.07) is 10.5. The highest BCUT2D eigenvalue weighted by Gasteiger charge is 2.06. The molecule has 0 atom stereocenters. The Kier molecular flexibility index (Phi) is 9.94. The molecule has 0 amide bonds. The number of rotatable bonds is 7. The van der Waals surface area contributed by atoms with E-state index in [1.807, 2.05) is 6.07 Å². The van der Waals surface area contributed by atoms with Gasteiger partial charge in [0.15, 0.2) is 5.96 Å². The van der Waals surface area contributed by atoms with Gasteiger partial charge in [0, 0.05) is 38.5 Å². The van der Waals surface area contributed by atoms with E-state index in [2.05, 4.69) is 65.7 Å². The van der Waals surface area contributed by atoms with Crippen LogP contribution < -0.4 is 5.32 Å². The van der Waals surface area contributed by atoms with Gasteiger partial charge in [-0.05, 0) is 18.9 Å². The predicted molar refractivity (Wildman–Crippen MR) is 114 cm³/mol. The van der Waals surface area contributed by atoms with Gasteiger partial charge in [-0.2, -0.15) is 0 Å². The third-order valence-electron chi connectivity index (χ3n) is 3.49. The van der Waals surface area contributed by atoms with Gasteiger partial charge >= 0.3 is 0 Å². The molecule has 24 heavy (non-hydrogen) atoms. The van der Waals surface area contributed by atoms with E-state index in [1.165, 1.54) is 10.6 Å². The minimum absolute atomic E-state index is 0. The van der Waals surface area contributed by atoms with Gasteiger partial charge in [-0.25, -0.2) is 4.98 Å². The van der Waals surface area contributed by atoms with Crippen LogP contribution in [0.5, 0.6) is 0 Å². The topological polar surface area (TPSA) is 40.5 Å². The summed E-state index contributed by atoms with van der Waals surface area (Å²) in [5.41, 5.74) is 2.44. The van der Waals surface area contributed by atoms with Crippen LogP contribution in [0.1, 0.15) is 30.1 Å². The van der Waals surface area contributed by atoms with Crippen LogP contribution in [0.25, 0.3) is 0 Å². The molecule has 0 fully saturated rings. The number of aliphatic imine (C=N–C) groups is 1. The average Bonchev–Trinajstić information content (AvgIpc) is 3.03. The zero-order valence-corrected chi connectivity index (χ0v) is 17.8. The molecule has 1 heterocycles. The van der Waals surface area contributed by atoms with Crippen molar-refractivity contribution in [3.05, 3.63) is 52.0 Å². The number of halogens is 1. The highest BCUT2D eigenvalue weighted by molar-refractivity contribution is 14.0. The molecule has 0 aliphatic heterocycles. The second kappa shape index (κ2) is 11.4. The Hall–Kier alpha value is -1.15. The van der Waals surface area contributed by atoms with Crippen molar-refractivity contribution >= 4 is 41.3 Å². The van der Waals surface area contributed by atoms with Crippen molar-refractivity contribution in [2.75, 3.05) is 20.1 Å². The van der Waals surface area contributed by atoms with Gasteiger partial charge in [-0.3, -0.25) is 4.99 Å². The minimum atomic E-state index is 0. The summed E-state index contributed by atoms with van der Waals surface area (Å²) in [4.78, 5) is 11.5. The molecule has 1 aromatic carbocycles. The molecule has 2 rings (SSSR count). The Morgan fingerprint density at radius 3 is 2.62 bits per heavy atom. The third-order valence-corrected chi connectivity index (χ3v) is 4.53. The van der Waals surface area contributed by atoms with Crippen molar-refractivity contribution in [2.24, 2.45) is 4.99 Å². The Labute approximate surface area is 166 Å². The maximum absolute atomic E-state index is 4.74. The monoisotopic (exact) mass is 458 g/mol. The van der Waals surface area contributed by atoms with Crippen molar-refractivity contribution in [3.8, 4) is 0 Å². The number of thiazole rings is 1. The van der Waals surface area contributed by atoms with E-state index < -0.39 is 0 Å². The Morgan fingerprint density at radius 1 is 1.25 bits per heavy atom. The largest absolute Gasteiger partial charge is 0.357 e. The van der Waals surface area contributed by atoms with Crippen LogP contribution in [0.15, 0.2) is 40.7 Å². The van der Waals surface area contributed by atoms with Crippen molar-refractivity contribution in [1.29, 1.82) is 0 Å². The summed E-state index contributed by atoms with van der Waals surface area (Å²) >= 11 is 1.74. The summed E-state index contributed by atoms with van der Waals surface area (Å²) in [6.07, 6.45) is 1.90. The first-order chi connectivity index (χ1) is 11.2. The lowest BCUT2D eigenvalue weighted by atomic mass is 10.2. The number of aromatic nitrogens is 1. The fourth-order valence-corrected chi connectivity index (χ4v) is 3.08. The van der Waals surface area contributed by atoms with Gasteiger partial charge in [-0.15, -0.1) is 35.3 Å². The smallest absolute Gasteiger partial charge is 0.193 e. The molecule has 1 N–H and O–H groups in total. The van der Waals surface area contributed by atoms with Crippen molar-refractivity contribution in [3.63, 3.8) is 0 Å². The lowest BCUT2D eigenvalue weighted by molar-refractivity contribution is 0.477. The van der Waals surface area contributed by atoms with Crippen LogP contribution >= 0.6 is 35.3 Å². The summed E-state index contributed by atoms with van der Waals surface area (Å²) in [7, 11) is 2.08. The van der Waals surface area contributed by atoms with Crippen LogP contribution in [0, 0.1) is 0 Å². The molecule has 0 unspecified atom stereocenters. The summed E-state index contributed by atoms with van der Waals surface area (Å²) in [5, 5.41) is 6.72. The minimum Gasteiger partial charge on any atom is -0.357 e. The Morgan fingerprint density at radius 2 is 2.00 bits per heavy atom. The Bertz CT molecular complexity index is 612. The fourth-order valence-electron chi connectivity index (χ4n) is 2.30. The van der Waals surface area contributed by atoms with E-state index in [4.69, 9.17) is 4.99 Å². The first kappa shape index (κ1) is 20.9. The molecule has 4 nitrogen and oxygen atoms in total.